The second-order valence-corrected chi connectivity index (χ2v) is 14.7. The van der Waals surface area contributed by atoms with Crippen molar-refractivity contribution in [1.29, 1.82) is 0 Å². The van der Waals surface area contributed by atoms with E-state index in [9.17, 15) is 0 Å². The predicted octanol–water partition coefficient (Wildman–Crippen LogP) is 9.67. The van der Waals surface area contributed by atoms with E-state index in [2.05, 4.69) is 85.6 Å². The van der Waals surface area contributed by atoms with Crippen molar-refractivity contribution in [3.8, 4) is 0 Å². The van der Waals surface area contributed by atoms with Gasteiger partial charge < -0.3 is 19.8 Å². The molecule has 7 heteroatoms. The number of nitrogens with one attached hydrogen (secondary N) is 2. The normalized spacial score (nSPS) is 17.1. The SMILES string of the molecule is CCC1=C(C)c2cc3[nH]c(cc4nc(cc5[nH]c(cc1n2)c(C)c5CCCN1CCCC1)C(CCCN1CCCC1)=C4C)c(C)c3CC.[Pt]. The van der Waals surface area contributed by atoms with E-state index in [1.165, 1.54) is 139 Å². The molecule has 7 heterocycles. The number of likely N-dealkylation sites (tertiary alicyclic amines) is 2. The van der Waals surface area contributed by atoms with Gasteiger partial charge in [0.2, 0.25) is 0 Å². The molecule has 0 amide bonds. The summed E-state index contributed by atoms with van der Waals surface area (Å²) in [6, 6.07) is 9.28. The minimum Gasteiger partial charge on any atom is -0.355 e. The molecule has 4 aliphatic rings. The van der Waals surface area contributed by atoms with Gasteiger partial charge in [-0.2, -0.15) is 0 Å². The van der Waals surface area contributed by atoms with Crippen LogP contribution in [0.2, 0.25) is 0 Å². The molecule has 6 nitrogen and oxygen atoms in total. The molecule has 3 aromatic heterocycles. The zero-order valence-electron chi connectivity index (χ0n) is 30.7. The minimum absolute atomic E-state index is 0. The molecule has 0 aromatic carbocycles. The summed E-state index contributed by atoms with van der Waals surface area (Å²) >= 11 is 0. The first kappa shape index (κ1) is 36.0. The van der Waals surface area contributed by atoms with E-state index >= 15 is 0 Å². The van der Waals surface area contributed by atoms with Crippen LogP contribution in [-0.2, 0) is 33.9 Å². The standard InChI is InChI=1S/C42H56N6.Pt/c1-7-31-27(3)35-23-36-29(5)33(15-13-21-47-17-9-10-18-47)41(45-36)26-42-34(16-14-22-48-19-11-12-20-48)30(6)38(46-42)25-40-32(8-2)28(4)37(44-40)24-39(31)43-35;/h23-26,43,46H,7-22H2,1-6H3;. The van der Waals surface area contributed by atoms with Gasteiger partial charge in [-0.3, -0.25) is 0 Å². The van der Waals surface area contributed by atoms with Crippen LogP contribution in [0.1, 0.15) is 124 Å². The van der Waals surface area contributed by atoms with Crippen LogP contribution in [-0.4, -0.2) is 69.0 Å². The molecule has 2 saturated heterocycles. The number of aromatic amines is 2. The summed E-state index contributed by atoms with van der Waals surface area (Å²) < 4.78 is 0. The van der Waals surface area contributed by atoms with Gasteiger partial charge in [0.25, 0.3) is 0 Å². The summed E-state index contributed by atoms with van der Waals surface area (Å²) in [5, 5.41) is 0. The van der Waals surface area contributed by atoms with Gasteiger partial charge in [0.05, 0.1) is 22.8 Å². The van der Waals surface area contributed by atoms with Crippen molar-refractivity contribution in [3.05, 3.63) is 69.3 Å². The number of H-pyrrole nitrogens is 2. The zero-order valence-corrected chi connectivity index (χ0v) is 33.0. The monoisotopic (exact) mass is 839 g/mol. The number of aryl methyl sites for hydroxylation is 4. The van der Waals surface area contributed by atoms with Crippen molar-refractivity contribution in [1.82, 2.24) is 29.7 Å². The van der Waals surface area contributed by atoms with Crippen molar-refractivity contribution in [2.75, 3.05) is 39.3 Å². The second kappa shape index (κ2) is 15.6. The summed E-state index contributed by atoms with van der Waals surface area (Å²) in [6.07, 6.45) is 11.8. The van der Waals surface area contributed by atoms with E-state index in [0.717, 1.165) is 54.0 Å². The average Bonchev–Trinajstić information content (AvgIpc) is 3.93. The number of fused-ring (bicyclic) bond motifs is 8. The average molecular weight is 840 g/mol. The molecule has 0 unspecified atom stereocenters. The van der Waals surface area contributed by atoms with Crippen molar-refractivity contribution in [2.24, 2.45) is 0 Å². The van der Waals surface area contributed by atoms with Gasteiger partial charge >= 0.3 is 0 Å². The third-order valence-corrected chi connectivity index (χ3v) is 11.7. The number of hydrogen-bond donors (Lipinski definition) is 2. The molecule has 0 spiro atoms. The van der Waals surface area contributed by atoms with Gasteiger partial charge in [-0.15, -0.1) is 0 Å². The molecule has 3 aromatic rings. The van der Waals surface area contributed by atoms with E-state index in [-0.39, 0.29) is 21.1 Å². The molecule has 7 rings (SSSR count). The Hall–Kier alpha value is -2.79. The Balaban J connectivity index is 0.00000417. The van der Waals surface area contributed by atoms with Gasteiger partial charge in [0.1, 0.15) is 0 Å². The maximum absolute atomic E-state index is 5.41. The third-order valence-electron chi connectivity index (χ3n) is 11.7. The summed E-state index contributed by atoms with van der Waals surface area (Å²) in [6.45, 7) is 21.0. The van der Waals surface area contributed by atoms with Crippen molar-refractivity contribution >= 4 is 44.4 Å². The van der Waals surface area contributed by atoms with Crippen LogP contribution in [0, 0.1) is 13.8 Å². The first-order chi connectivity index (χ1) is 23.3. The number of hydrogen-bond acceptors (Lipinski definition) is 4. The maximum Gasteiger partial charge on any atom is 0.0693 e. The van der Waals surface area contributed by atoms with Crippen LogP contribution in [0.4, 0.5) is 0 Å². The molecular formula is C42H56N6Pt. The number of allylic oxidation sites excluding steroid dienone is 4. The van der Waals surface area contributed by atoms with Gasteiger partial charge in [0, 0.05) is 43.1 Å². The van der Waals surface area contributed by atoms with Crippen molar-refractivity contribution < 1.29 is 21.1 Å². The fourth-order valence-corrected chi connectivity index (χ4v) is 8.73. The minimum atomic E-state index is 0. The Labute approximate surface area is 308 Å². The van der Waals surface area contributed by atoms with Gasteiger partial charge in [0.15, 0.2) is 0 Å². The zero-order chi connectivity index (χ0) is 33.4. The summed E-state index contributed by atoms with van der Waals surface area (Å²) in [7, 11) is 0. The predicted molar refractivity (Wildman–Crippen MR) is 204 cm³/mol. The van der Waals surface area contributed by atoms with Gasteiger partial charge in [-0.1, -0.05) is 13.8 Å². The van der Waals surface area contributed by atoms with Crippen molar-refractivity contribution in [2.45, 2.75) is 106 Å². The topological polar surface area (TPSA) is 63.8 Å². The quantitative estimate of drug-likeness (QED) is 0.214. The second-order valence-electron chi connectivity index (χ2n) is 14.7. The molecule has 0 saturated carbocycles. The fourth-order valence-electron chi connectivity index (χ4n) is 8.73. The van der Waals surface area contributed by atoms with E-state index in [1.807, 2.05) is 0 Å². The molecule has 2 fully saturated rings. The van der Waals surface area contributed by atoms with Crippen molar-refractivity contribution in [3.63, 3.8) is 0 Å². The molecule has 8 bridgehead atoms. The van der Waals surface area contributed by atoms with Crippen LogP contribution in [0.5, 0.6) is 0 Å². The molecule has 0 atom stereocenters. The molecule has 0 aliphatic carbocycles. The number of aromatic nitrogens is 4. The molecular weight excluding hydrogens is 784 g/mol. The van der Waals surface area contributed by atoms with E-state index < -0.39 is 0 Å². The third kappa shape index (κ3) is 7.34. The molecule has 4 aliphatic heterocycles. The van der Waals surface area contributed by atoms with Crippen LogP contribution < -0.4 is 0 Å². The smallest absolute Gasteiger partial charge is 0.0693 e. The van der Waals surface area contributed by atoms with Crippen LogP contribution in [0.3, 0.4) is 0 Å². The van der Waals surface area contributed by atoms with Gasteiger partial charge in [-0.05, 0) is 200 Å². The van der Waals surface area contributed by atoms with Crippen LogP contribution in [0.25, 0.3) is 44.4 Å². The molecule has 264 valence electrons. The Morgan fingerprint density at radius 2 is 1.00 bits per heavy atom. The fraction of sp³-hybridized carbons (Fsp3) is 0.524. The summed E-state index contributed by atoms with van der Waals surface area (Å²) in [4.78, 5) is 23.7. The Kier molecular flexibility index (Phi) is 11.5. The molecule has 49 heavy (non-hydrogen) atoms. The maximum atomic E-state index is 5.41. The number of nitrogens with zero attached hydrogens (tertiary/aromatic N) is 4. The Morgan fingerprint density at radius 3 is 1.57 bits per heavy atom. The van der Waals surface area contributed by atoms with Crippen LogP contribution in [0.15, 0.2) is 24.3 Å². The first-order valence-electron chi connectivity index (χ1n) is 18.9. The van der Waals surface area contributed by atoms with E-state index in [1.54, 1.807) is 0 Å². The first-order valence-corrected chi connectivity index (χ1v) is 18.9. The van der Waals surface area contributed by atoms with E-state index in [0.29, 0.717) is 0 Å². The largest absolute Gasteiger partial charge is 0.355 e. The Bertz CT molecular complexity index is 1910. The summed E-state index contributed by atoms with van der Waals surface area (Å²) in [5.41, 5.74) is 19.9. The van der Waals surface area contributed by atoms with Gasteiger partial charge in [-0.25, -0.2) is 9.97 Å². The summed E-state index contributed by atoms with van der Waals surface area (Å²) in [5.74, 6) is 0. The van der Waals surface area contributed by atoms with E-state index in [4.69, 9.17) is 9.97 Å². The number of rotatable bonds is 10. The Morgan fingerprint density at radius 1 is 0.551 bits per heavy atom. The molecule has 2 N–H and O–H groups in total. The molecule has 0 radical (unpaired) electrons. The van der Waals surface area contributed by atoms with Crippen LogP contribution >= 0.6 is 0 Å².